The molecule has 0 radical (unpaired) electrons. The molecule has 0 saturated carbocycles. The lowest BCUT2D eigenvalue weighted by atomic mass is 9.86. The van der Waals surface area contributed by atoms with E-state index in [1.54, 1.807) is 6.20 Å². The van der Waals surface area contributed by atoms with Crippen molar-refractivity contribution in [1.82, 2.24) is 4.98 Å². The van der Waals surface area contributed by atoms with Gasteiger partial charge in [0.1, 0.15) is 0 Å². The predicted molar refractivity (Wildman–Crippen MR) is 58.6 cm³/mol. The van der Waals surface area contributed by atoms with E-state index in [2.05, 4.69) is 11.9 Å². The second-order valence-corrected chi connectivity index (χ2v) is 4.50. The van der Waals surface area contributed by atoms with Crippen LogP contribution in [0.2, 0.25) is 0 Å². The fourth-order valence-electron chi connectivity index (χ4n) is 2.30. The Morgan fingerprint density at radius 1 is 1.56 bits per heavy atom. The second kappa shape index (κ2) is 4.12. The van der Waals surface area contributed by atoms with Gasteiger partial charge >= 0.3 is 5.97 Å². The minimum atomic E-state index is -0.827. The molecule has 86 valence electrons. The molecule has 0 bridgehead atoms. The molecule has 4 heteroatoms. The monoisotopic (exact) mass is 221 g/mol. The van der Waals surface area contributed by atoms with E-state index in [0.29, 0.717) is 18.8 Å². The van der Waals surface area contributed by atoms with Gasteiger partial charge in [0.25, 0.3) is 0 Å². The Balaban J connectivity index is 2.23. The molecule has 1 unspecified atom stereocenters. The number of Topliss-reactive ketones (excluding diaryl/α,β-unsaturated/α-hetero) is 1. The number of carboxylic acids is 1. The minimum Gasteiger partial charge on any atom is -0.481 e. The number of aryl methyl sites for hydroxylation is 1. The fraction of sp³-hybridized carbons (Fsp3) is 0.500. The molecule has 0 aromatic carbocycles. The number of nitrogens with one attached hydrogen (secondary N) is 1. The number of aliphatic carboxylic acids is 1. The fourth-order valence-corrected chi connectivity index (χ4v) is 2.30. The highest BCUT2D eigenvalue weighted by Crippen LogP contribution is 2.27. The van der Waals surface area contributed by atoms with Crippen molar-refractivity contribution in [2.24, 2.45) is 5.92 Å². The Hall–Kier alpha value is -1.58. The summed E-state index contributed by atoms with van der Waals surface area (Å²) in [6, 6.07) is 0. The van der Waals surface area contributed by atoms with Crippen molar-refractivity contribution in [3.63, 3.8) is 0 Å². The highest BCUT2D eigenvalue weighted by atomic mass is 16.4. The molecule has 1 heterocycles. The third-order valence-electron chi connectivity index (χ3n) is 3.02. The number of hydrogen-bond acceptors (Lipinski definition) is 2. The Morgan fingerprint density at radius 3 is 3.00 bits per heavy atom. The molecule has 1 atom stereocenters. The predicted octanol–water partition coefficient (Wildman–Crippen LogP) is 1.80. The Bertz CT molecular complexity index is 433. The summed E-state index contributed by atoms with van der Waals surface area (Å²) in [6.45, 7) is 2.05. The average molecular weight is 221 g/mol. The normalized spacial score (nSPS) is 19.6. The number of carboxylic acid groups (broad SMARTS) is 1. The summed E-state index contributed by atoms with van der Waals surface area (Å²) in [5.74, 6) is -0.298. The summed E-state index contributed by atoms with van der Waals surface area (Å²) >= 11 is 0. The van der Waals surface area contributed by atoms with Crippen LogP contribution in [0, 0.1) is 5.92 Å². The van der Waals surface area contributed by atoms with Gasteiger partial charge in [0.2, 0.25) is 0 Å². The summed E-state index contributed by atoms with van der Waals surface area (Å²) in [5.41, 5.74) is 2.58. The Morgan fingerprint density at radius 2 is 2.31 bits per heavy atom. The minimum absolute atomic E-state index is 0.0765. The summed E-state index contributed by atoms with van der Waals surface area (Å²) in [5, 5.41) is 8.63. The standard InChI is InChI=1S/C12H15NO3/c1-7-4-9-12(10(14)5-7)8(6-13-9)2-3-11(15)16/h6-7,13H,2-5H2,1H3,(H,15,16). The Labute approximate surface area is 93.7 Å². The van der Waals surface area contributed by atoms with Crippen molar-refractivity contribution in [2.75, 3.05) is 0 Å². The molecule has 1 aromatic heterocycles. The van der Waals surface area contributed by atoms with Gasteiger partial charge in [-0.3, -0.25) is 9.59 Å². The van der Waals surface area contributed by atoms with Crippen LogP contribution in [0.15, 0.2) is 6.20 Å². The lowest BCUT2D eigenvalue weighted by Gasteiger charge is -2.17. The SMILES string of the molecule is CC1CC(=O)c2c(CCC(=O)O)c[nH]c2C1. The third kappa shape index (κ3) is 2.01. The van der Waals surface area contributed by atoms with Crippen molar-refractivity contribution in [2.45, 2.75) is 32.6 Å². The van der Waals surface area contributed by atoms with Crippen LogP contribution < -0.4 is 0 Å². The van der Waals surface area contributed by atoms with Gasteiger partial charge in [0, 0.05) is 30.3 Å². The molecule has 0 saturated heterocycles. The third-order valence-corrected chi connectivity index (χ3v) is 3.02. The molecular formula is C12H15NO3. The van der Waals surface area contributed by atoms with Gasteiger partial charge in [0.15, 0.2) is 5.78 Å². The average Bonchev–Trinajstić information content (AvgIpc) is 2.57. The van der Waals surface area contributed by atoms with Crippen LogP contribution in [0.1, 0.15) is 41.4 Å². The molecule has 1 aliphatic carbocycles. The first-order valence-corrected chi connectivity index (χ1v) is 5.52. The molecule has 1 aromatic rings. The first-order chi connectivity index (χ1) is 7.58. The number of H-pyrrole nitrogens is 1. The molecule has 0 spiro atoms. The lowest BCUT2D eigenvalue weighted by Crippen LogP contribution is -2.18. The molecule has 2 rings (SSSR count). The Kier molecular flexibility index (Phi) is 2.81. The van der Waals surface area contributed by atoms with Crippen molar-refractivity contribution in [1.29, 1.82) is 0 Å². The molecular weight excluding hydrogens is 206 g/mol. The first kappa shape index (κ1) is 10.9. The topological polar surface area (TPSA) is 70.2 Å². The van der Waals surface area contributed by atoms with Crippen LogP contribution in [0.4, 0.5) is 0 Å². The van der Waals surface area contributed by atoms with Crippen molar-refractivity contribution < 1.29 is 14.7 Å². The number of carbonyl (C=O) groups excluding carboxylic acids is 1. The van der Waals surface area contributed by atoms with E-state index in [1.165, 1.54) is 0 Å². The van der Waals surface area contributed by atoms with E-state index in [0.717, 1.165) is 23.2 Å². The van der Waals surface area contributed by atoms with Crippen molar-refractivity contribution in [3.8, 4) is 0 Å². The van der Waals surface area contributed by atoms with E-state index in [9.17, 15) is 9.59 Å². The van der Waals surface area contributed by atoms with Gasteiger partial charge in [-0.2, -0.15) is 0 Å². The summed E-state index contributed by atoms with van der Waals surface area (Å²) in [7, 11) is 0. The van der Waals surface area contributed by atoms with Gasteiger partial charge < -0.3 is 10.1 Å². The number of rotatable bonds is 3. The lowest BCUT2D eigenvalue weighted by molar-refractivity contribution is -0.136. The van der Waals surface area contributed by atoms with E-state index in [4.69, 9.17) is 5.11 Å². The quantitative estimate of drug-likeness (QED) is 0.817. The maximum Gasteiger partial charge on any atom is 0.303 e. The maximum absolute atomic E-state index is 11.9. The van der Waals surface area contributed by atoms with Gasteiger partial charge in [0.05, 0.1) is 0 Å². The maximum atomic E-state index is 11.9. The highest BCUT2D eigenvalue weighted by Gasteiger charge is 2.26. The number of aromatic nitrogens is 1. The molecule has 4 nitrogen and oxygen atoms in total. The first-order valence-electron chi connectivity index (χ1n) is 5.52. The zero-order valence-corrected chi connectivity index (χ0v) is 9.25. The molecule has 1 aliphatic rings. The molecule has 2 N–H and O–H groups in total. The van der Waals surface area contributed by atoms with Gasteiger partial charge in [-0.25, -0.2) is 0 Å². The van der Waals surface area contributed by atoms with E-state index in [-0.39, 0.29) is 12.2 Å². The number of aromatic amines is 1. The molecule has 0 aliphatic heterocycles. The van der Waals surface area contributed by atoms with Crippen molar-refractivity contribution in [3.05, 3.63) is 23.0 Å². The zero-order chi connectivity index (χ0) is 11.7. The second-order valence-electron chi connectivity index (χ2n) is 4.50. The van der Waals surface area contributed by atoms with E-state index < -0.39 is 5.97 Å². The number of fused-ring (bicyclic) bond motifs is 1. The van der Waals surface area contributed by atoms with Gasteiger partial charge in [-0.05, 0) is 24.3 Å². The summed E-state index contributed by atoms with van der Waals surface area (Å²) in [4.78, 5) is 25.5. The van der Waals surface area contributed by atoms with Gasteiger partial charge in [-0.1, -0.05) is 6.92 Å². The molecule has 0 amide bonds. The van der Waals surface area contributed by atoms with Crippen LogP contribution >= 0.6 is 0 Å². The van der Waals surface area contributed by atoms with Crippen LogP contribution in [0.5, 0.6) is 0 Å². The smallest absolute Gasteiger partial charge is 0.303 e. The van der Waals surface area contributed by atoms with Crippen LogP contribution in [0.25, 0.3) is 0 Å². The van der Waals surface area contributed by atoms with Crippen LogP contribution in [0.3, 0.4) is 0 Å². The molecule has 16 heavy (non-hydrogen) atoms. The number of carbonyl (C=O) groups is 2. The van der Waals surface area contributed by atoms with E-state index in [1.807, 2.05) is 0 Å². The van der Waals surface area contributed by atoms with Crippen LogP contribution in [-0.4, -0.2) is 21.8 Å². The molecule has 0 fully saturated rings. The zero-order valence-electron chi connectivity index (χ0n) is 9.25. The van der Waals surface area contributed by atoms with Gasteiger partial charge in [-0.15, -0.1) is 0 Å². The summed E-state index contributed by atoms with van der Waals surface area (Å²) < 4.78 is 0. The van der Waals surface area contributed by atoms with E-state index >= 15 is 0 Å². The highest BCUT2D eigenvalue weighted by molar-refractivity contribution is 5.99. The summed E-state index contributed by atoms with van der Waals surface area (Å²) in [6.07, 6.45) is 3.75. The van der Waals surface area contributed by atoms with Crippen LogP contribution in [-0.2, 0) is 17.6 Å². The largest absolute Gasteiger partial charge is 0.481 e. The number of ketones is 1. The number of hydrogen-bond donors (Lipinski definition) is 2. The van der Waals surface area contributed by atoms with Crippen molar-refractivity contribution >= 4 is 11.8 Å².